The molecule has 0 amide bonds. The molecule has 402 valence electrons. The highest BCUT2D eigenvalue weighted by molar-refractivity contribution is 7.47. The smallest absolute Gasteiger partial charge is 0.462 e. The van der Waals surface area contributed by atoms with Crippen LogP contribution in [0.5, 0.6) is 0 Å². The Balaban J connectivity index is 2.36. The zero-order chi connectivity index (χ0) is 50.6. The number of aliphatic hydroxyl groups is 5. The van der Waals surface area contributed by atoms with E-state index in [0.717, 1.165) is 83.5 Å². The lowest BCUT2D eigenvalue weighted by Crippen LogP contribution is -2.64. The van der Waals surface area contributed by atoms with Crippen molar-refractivity contribution in [1.29, 1.82) is 0 Å². The van der Waals surface area contributed by atoms with Gasteiger partial charge in [-0.05, 0) is 77.0 Å². The summed E-state index contributed by atoms with van der Waals surface area (Å²) in [6.45, 7) is 3.29. The highest BCUT2D eigenvalue weighted by Gasteiger charge is 2.51. The van der Waals surface area contributed by atoms with Crippen molar-refractivity contribution in [3.8, 4) is 0 Å². The maximum Gasteiger partial charge on any atom is 0.472 e. The minimum Gasteiger partial charge on any atom is -0.462 e. The van der Waals surface area contributed by atoms with Gasteiger partial charge in [-0.3, -0.25) is 18.6 Å². The van der Waals surface area contributed by atoms with Crippen LogP contribution < -0.4 is 0 Å². The number of unbranched alkanes of at least 4 members (excludes halogenated alkanes) is 26. The average Bonchev–Trinajstić information content (AvgIpc) is 3.33. The number of hydrogen-bond donors (Lipinski definition) is 6. The van der Waals surface area contributed by atoms with E-state index < -0.39 is 75.7 Å². The number of rotatable bonds is 46. The van der Waals surface area contributed by atoms with Crippen molar-refractivity contribution < 1.29 is 63.1 Å². The lowest BCUT2D eigenvalue weighted by Gasteiger charge is -2.41. The lowest BCUT2D eigenvalue weighted by molar-refractivity contribution is -0.220. The second-order valence-electron chi connectivity index (χ2n) is 19.1. The Morgan fingerprint density at radius 3 is 1.20 bits per heavy atom. The number of aliphatic hydroxyl groups excluding tert-OH is 5. The molecule has 0 aliphatic heterocycles. The standard InChI is InChI=1S/C55H99O13P/c1-3-5-7-9-11-13-15-17-19-21-22-23-24-25-26-28-30-32-34-36-38-40-42-44-49(57)67-47(46-66-69(63,64)68-55-53(61)51(59)50(58)52(60)54(55)62)45-65-48(56)43-41-39-37-35-33-31-29-27-20-18-16-14-12-10-8-6-4-2/h12,14-15,17-18,20-22,47,50-55,58-62H,3-11,13,16,19,23-46H2,1-2H3,(H,63,64)/b14-12-,17-15-,20-18-,22-21-. The summed E-state index contributed by atoms with van der Waals surface area (Å²) in [6.07, 6.45) is 41.5. The fourth-order valence-electron chi connectivity index (χ4n) is 8.23. The zero-order valence-electron chi connectivity index (χ0n) is 43.1. The minimum atomic E-state index is -5.13. The van der Waals surface area contributed by atoms with E-state index in [1.165, 1.54) is 109 Å². The van der Waals surface area contributed by atoms with E-state index in [9.17, 15) is 44.6 Å². The van der Waals surface area contributed by atoms with Crippen LogP contribution >= 0.6 is 7.82 Å². The van der Waals surface area contributed by atoms with Crippen LogP contribution in [0.4, 0.5) is 0 Å². The number of phosphoric ester groups is 1. The van der Waals surface area contributed by atoms with Crippen LogP contribution in [0.3, 0.4) is 0 Å². The molecule has 1 saturated carbocycles. The first-order valence-corrected chi connectivity index (χ1v) is 28.9. The Morgan fingerprint density at radius 1 is 0.449 bits per heavy atom. The Morgan fingerprint density at radius 2 is 0.783 bits per heavy atom. The fraction of sp³-hybridized carbons (Fsp3) is 0.818. The van der Waals surface area contributed by atoms with Gasteiger partial charge in [-0.1, -0.05) is 191 Å². The molecule has 14 heteroatoms. The van der Waals surface area contributed by atoms with Crippen molar-refractivity contribution in [3.63, 3.8) is 0 Å². The largest absolute Gasteiger partial charge is 0.472 e. The summed E-state index contributed by atoms with van der Waals surface area (Å²) in [5.41, 5.74) is 0. The van der Waals surface area contributed by atoms with E-state index in [2.05, 4.69) is 62.5 Å². The average molecular weight is 999 g/mol. The van der Waals surface area contributed by atoms with E-state index in [1.54, 1.807) is 0 Å². The summed E-state index contributed by atoms with van der Waals surface area (Å²) < 4.78 is 33.7. The number of allylic oxidation sites excluding steroid dienone is 8. The van der Waals surface area contributed by atoms with Gasteiger partial charge >= 0.3 is 19.8 Å². The number of carbonyl (C=O) groups excluding carboxylic acids is 2. The molecule has 0 aromatic carbocycles. The van der Waals surface area contributed by atoms with Crippen molar-refractivity contribution in [2.75, 3.05) is 13.2 Å². The molecule has 0 radical (unpaired) electrons. The third-order valence-corrected chi connectivity index (χ3v) is 13.6. The molecule has 0 spiro atoms. The van der Waals surface area contributed by atoms with Crippen LogP contribution in [0.15, 0.2) is 48.6 Å². The first-order chi connectivity index (χ1) is 33.4. The van der Waals surface area contributed by atoms with Crippen LogP contribution in [-0.4, -0.2) is 98.3 Å². The summed E-state index contributed by atoms with van der Waals surface area (Å²) in [5.74, 6) is -1.11. The Bertz CT molecular complexity index is 1390. The molecule has 0 heterocycles. The lowest BCUT2D eigenvalue weighted by atomic mass is 9.85. The highest BCUT2D eigenvalue weighted by Crippen LogP contribution is 2.47. The molecule has 69 heavy (non-hydrogen) atoms. The summed E-state index contributed by atoms with van der Waals surface area (Å²) in [7, 11) is -5.13. The topological polar surface area (TPSA) is 210 Å². The SMILES string of the molecule is CCCCC/C=C\C/C=C\CCCCCCCCCC(=O)OCC(COP(=O)(O)OC1C(O)C(O)C(O)C(O)C1O)OC(=O)CCCCCCCCCCCCC/C=C\C/C=C\CCCCCCC. The number of esters is 2. The maximum atomic E-state index is 12.9. The second kappa shape index (κ2) is 44.5. The van der Waals surface area contributed by atoms with E-state index in [0.29, 0.717) is 12.8 Å². The third kappa shape index (κ3) is 36.4. The van der Waals surface area contributed by atoms with E-state index in [4.69, 9.17) is 18.5 Å². The van der Waals surface area contributed by atoms with Crippen molar-refractivity contribution in [1.82, 2.24) is 0 Å². The van der Waals surface area contributed by atoms with Crippen molar-refractivity contribution in [2.24, 2.45) is 0 Å². The molecule has 0 aromatic heterocycles. The van der Waals surface area contributed by atoms with Crippen LogP contribution in [0.2, 0.25) is 0 Å². The summed E-state index contributed by atoms with van der Waals surface area (Å²) in [6, 6.07) is 0. The molecular formula is C55H99O13P. The summed E-state index contributed by atoms with van der Waals surface area (Å²) >= 11 is 0. The normalized spacial score (nSPS) is 21.2. The second-order valence-corrected chi connectivity index (χ2v) is 20.5. The van der Waals surface area contributed by atoms with Crippen LogP contribution in [-0.2, 0) is 32.7 Å². The number of phosphoric acid groups is 1. The molecule has 1 fully saturated rings. The van der Waals surface area contributed by atoms with Gasteiger partial charge in [0, 0.05) is 12.8 Å². The Labute approximate surface area is 418 Å². The molecule has 1 aliphatic rings. The van der Waals surface area contributed by atoms with Crippen LogP contribution in [0, 0.1) is 0 Å². The van der Waals surface area contributed by atoms with Gasteiger partial charge in [0.05, 0.1) is 6.61 Å². The monoisotopic (exact) mass is 999 g/mol. The van der Waals surface area contributed by atoms with Crippen molar-refractivity contribution >= 4 is 19.8 Å². The predicted octanol–water partition coefficient (Wildman–Crippen LogP) is 12.3. The molecule has 1 aliphatic carbocycles. The van der Waals surface area contributed by atoms with Crippen molar-refractivity contribution in [3.05, 3.63) is 48.6 Å². The van der Waals surface area contributed by atoms with E-state index in [-0.39, 0.29) is 12.8 Å². The van der Waals surface area contributed by atoms with Gasteiger partial charge in [0.2, 0.25) is 0 Å². The first-order valence-electron chi connectivity index (χ1n) is 27.4. The molecule has 6 atom stereocenters. The predicted molar refractivity (Wildman–Crippen MR) is 276 cm³/mol. The molecule has 0 saturated heterocycles. The Hall–Kier alpha value is -2.19. The van der Waals surface area contributed by atoms with Gasteiger partial charge in [-0.25, -0.2) is 4.57 Å². The first kappa shape index (κ1) is 64.8. The summed E-state index contributed by atoms with van der Waals surface area (Å²) in [5, 5.41) is 50.3. The number of carbonyl (C=O) groups is 2. The molecular weight excluding hydrogens is 900 g/mol. The molecule has 0 aromatic rings. The Kier molecular flexibility index (Phi) is 41.8. The molecule has 6 unspecified atom stereocenters. The quantitative estimate of drug-likeness (QED) is 0.0145. The number of ether oxygens (including phenoxy) is 2. The van der Waals surface area contributed by atoms with Gasteiger partial charge in [0.1, 0.15) is 43.2 Å². The molecule has 0 bridgehead atoms. The van der Waals surface area contributed by atoms with Gasteiger partial charge in [-0.2, -0.15) is 0 Å². The maximum absolute atomic E-state index is 12.9. The van der Waals surface area contributed by atoms with Crippen LogP contribution in [0.25, 0.3) is 0 Å². The summed E-state index contributed by atoms with van der Waals surface area (Å²) in [4.78, 5) is 35.9. The molecule has 6 N–H and O–H groups in total. The van der Waals surface area contributed by atoms with Gasteiger partial charge in [-0.15, -0.1) is 0 Å². The van der Waals surface area contributed by atoms with E-state index >= 15 is 0 Å². The van der Waals surface area contributed by atoms with Crippen LogP contribution in [0.1, 0.15) is 232 Å². The highest BCUT2D eigenvalue weighted by atomic mass is 31.2. The van der Waals surface area contributed by atoms with Gasteiger partial charge in [0.25, 0.3) is 0 Å². The van der Waals surface area contributed by atoms with Gasteiger partial charge in [0.15, 0.2) is 6.10 Å². The third-order valence-electron chi connectivity index (χ3n) is 12.6. The number of hydrogen-bond acceptors (Lipinski definition) is 12. The minimum absolute atomic E-state index is 0.0922. The molecule has 13 nitrogen and oxygen atoms in total. The van der Waals surface area contributed by atoms with Crippen molar-refractivity contribution in [2.45, 2.75) is 275 Å². The fourth-order valence-corrected chi connectivity index (χ4v) is 9.20. The zero-order valence-corrected chi connectivity index (χ0v) is 44.0. The van der Waals surface area contributed by atoms with Gasteiger partial charge < -0.3 is 39.9 Å². The van der Waals surface area contributed by atoms with E-state index in [1.807, 2.05) is 0 Å². The molecule has 1 rings (SSSR count).